The van der Waals surface area contributed by atoms with Gasteiger partial charge < -0.3 is 24.4 Å². The number of hydrogen-bond donors (Lipinski definition) is 1. The number of amides is 1. The van der Waals surface area contributed by atoms with Gasteiger partial charge >= 0.3 is 0 Å². The second-order valence-electron chi connectivity index (χ2n) is 10.5. The van der Waals surface area contributed by atoms with E-state index >= 15 is 0 Å². The van der Waals surface area contributed by atoms with Crippen molar-refractivity contribution in [3.05, 3.63) is 52.8 Å². The summed E-state index contributed by atoms with van der Waals surface area (Å²) in [5.74, 6) is 0.779. The van der Waals surface area contributed by atoms with Crippen LogP contribution in [0.25, 0.3) is 0 Å². The smallest absolute Gasteiger partial charge is 0.293 e. The average molecular weight is 550 g/mol. The number of carbonyl (C=O) groups is 2. The number of fused-ring (bicyclic) bond motifs is 1. The molecule has 8 nitrogen and oxygen atoms in total. The molecule has 0 radical (unpaired) electrons. The van der Waals surface area contributed by atoms with E-state index in [0.29, 0.717) is 29.5 Å². The van der Waals surface area contributed by atoms with E-state index in [1.165, 1.54) is 12.1 Å². The fourth-order valence-corrected chi connectivity index (χ4v) is 4.50. The Bertz CT molecular complexity index is 1090. The van der Waals surface area contributed by atoms with Gasteiger partial charge in [0.15, 0.2) is 6.10 Å². The molecule has 2 aromatic rings. The highest BCUT2D eigenvalue weighted by molar-refractivity contribution is 6.32. The molecule has 1 atom stereocenters. The third-order valence-electron chi connectivity index (χ3n) is 6.30. The van der Waals surface area contributed by atoms with E-state index in [1.54, 1.807) is 19.2 Å². The number of benzene rings is 2. The van der Waals surface area contributed by atoms with E-state index in [0.717, 1.165) is 43.7 Å². The van der Waals surface area contributed by atoms with Crippen molar-refractivity contribution in [2.45, 2.75) is 57.9 Å². The number of piperidine rings is 1. The quantitative estimate of drug-likeness (QED) is 0.534. The van der Waals surface area contributed by atoms with Gasteiger partial charge in [0.1, 0.15) is 22.9 Å². The van der Waals surface area contributed by atoms with Crippen LogP contribution in [0.15, 0.2) is 36.4 Å². The first-order valence-electron chi connectivity index (χ1n) is 12.6. The summed E-state index contributed by atoms with van der Waals surface area (Å²) in [5, 5.41) is 3.65. The summed E-state index contributed by atoms with van der Waals surface area (Å²) in [7, 11) is 3.46. The molecule has 2 aromatic carbocycles. The maximum absolute atomic E-state index is 13.1. The van der Waals surface area contributed by atoms with Gasteiger partial charge in [-0.1, -0.05) is 23.7 Å². The Labute approximate surface area is 229 Å². The molecule has 2 aliphatic rings. The topological polar surface area (TPSA) is 80.3 Å². The highest BCUT2D eigenvalue weighted by Crippen LogP contribution is 2.40. The molecule has 38 heavy (non-hydrogen) atoms. The largest absolute Gasteiger partial charge is 0.495 e. The molecule has 208 valence electrons. The zero-order valence-corrected chi connectivity index (χ0v) is 23.4. The Morgan fingerprint density at radius 3 is 2.42 bits per heavy atom. The molecular weight excluding hydrogens is 513 g/mol. The molecule has 0 spiro atoms. The molecule has 4 rings (SSSR count). The minimum atomic E-state index is -0.597. The molecule has 1 N–H and O–H groups in total. The molecule has 0 aromatic heterocycles. The van der Waals surface area contributed by atoms with E-state index in [-0.39, 0.29) is 23.4 Å². The minimum Gasteiger partial charge on any atom is -0.495 e. The van der Waals surface area contributed by atoms with E-state index in [1.807, 2.05) is 44.9 Å². The van der Waals surface area contributed by atoms with Gasteiger partial charge in [0.25, 0.3) is 12.4 Å². The Morgan fingerprint density at radius 2 is 1.87 bits per heavy atom. The van der Waals surface area contributed by atoms with Crippen LogP contribution < -0.4 is 19.7 Å². The number of hydrogen-bond acceptors (Lipinski definition) is 7. The van der Waals surface area contributed by atoms with E-state index in [9.17, 15) is 14.0 Å². The number of likely N-dealkylation sites (tertiary alicyclic amines) is 1. The summed E-state index contributed by atoms with van der Waals surface area (Å²) in [6, 6.07) is 10.3. The molecule has 2 heterocycles. The number of halogens is 2. The monoisotopic (exact) mass is 549 g/mol. The number of methoxy groups -OCH3 is 1. The predicted octanol–water partition coefficient (Wildman–Crippen LogP) is 4.42. The second-order valence-corrected chi connectivity index (χ2v) is 10.9. The van der Waals surface area contributed by atoms with Crippen LogP contribution in [0.4, 0.5) is 10.1 Å². The Kier molecular flexibility index (Phi) is 10.2. The van der Waals surface area contributed by atoms with Crippen molar-refractivity contribution in [1.82, 2.24) is 10.2 Å². The third-order valence-corrected chi connectivity index (χ3v) is 6.60. The maximum atomic E-state index is 13.1. The Hall–Kier alpha value is -3.04. The summed E-state index contributed by atoms with van der Waals surface area (Å²) in [4.78, 5) is 26.8. The van der Waals surface area contributed by atoms with Gasteiger partial charge in [-0.3, -0.25) is 14.5 Å². The van der Waals surface area contributed by atoms with Crippen molar-refractivity contribution in [3.8, 4) is 11.5 Å². The molecule has 0 saturated carbocycles. The average Bonchev–Trinajstić information content (AvgIpc) is 2.86. The lowest BCUT2D eigenvalue weighted by atomic mass is 10.0. The van der Waals surface area contributed by atoms with Crippen molar-refractivity contribution in [2.24, 2.45) is 0 Å². The number of rotatable bonds is 6. The first-order valence-corrected chi connectivity index (χ1v) is 13.0. The van der Waals surface area contributed by atoms with Crippen LogP contribution in [0.1, 0.15) is 39.2 Å². The Balaban J connectivity index is 0.000000505. The number of likely N-dealkylation sites (N-methyl/N-ethyl adjacent to an activating group) is 1. The summed E-state index contributed by atoms with van der Waals surface area (Å²) < 4.78 is 28.9. The highest BCUT2D eigenvalue weighted by Gasteiger charge is 2.32. The van der Waals surface area contributed by atoms with Gasteiger partial charge in [-0.15, -0.1) is 0 Å². The first-order chi connectivity index (χ1) is 18.0. The molecule has 1 fully saturated rings. The van der Waals surface area contributed by atoms with Crippen LogP contribution >= 0.6 is 11.6 Å². The minimum absolute atomic E-state index is 0.108. The lowest BCUT2D eigenvalue weighted by Crippen LogP contribution is -2.52. The number of ether oxygens (including phenoxy) is 3. The van der Waals surface area contributed by atoms with E-state index in [4.69, 9.17) is 21.1 Å². The van der Waals surface area contributed by atoms with Crippen molar-refractivity contribution in [1.29, 1.82) is 0 Å². The van der Waals surface area contributed by atoms with Gasteiger partial charge in [0, 0.05) is 38.8 Å². The molecule has 1 amide bonds. The predicted molar refractivity (Wildman–Crippen MR) is 145 cm³/mol. The van der Waals surface area contributed by atoms with Gasteiger partial charge in [-0.2, -0.15) is 0 Å². The fraction of sp³-hybridized carbons (Fsp3) is 0.500. The van der Waals surface area contributed by atoms with Crippen molar-refractivity contribution in [3.63, 3.8) is 0 Å². The van der Waals surface area contributed by atoms with Crippen molar-refractivity contribution in [2.75, 3.05) is 38.7 Å². The lowest BCUT2D eigenvalue weighted by Gasteiger charge is -2.36. The van der Waals surface area contributed by atoms with Gasteiger partial charge in [-0.05, 0) is 57.4 Å². The number of nitrogens with one attached hydrogen (secondary N) is 1. The third kappa shape index (κ3) is 8.49. The van der Waals surface area contributed by atoms with Crippen LogP contribution in [0.2, 0.25) is 5.02 Å². The summed E-state index contributed by atoms with van der Waals surface area (Å²) in [5.41, 5.74) is 1.61. The van der Waals surface area contributed by atoms with Crippen LogP contribution in [-0.2, 0) is 20.9 Å². The van der Waals surface area contributed by atoms with Crippen LogP contribution in [0, 0.1) is 5.82 Å². The summed E-state index contributed by atoms with van der Waals surface area (Å²) in [6.45, 7) is 8.92. The zero-order chi connectivity index (χ0) is 27.9. The number of carbonyl (C=O) groups excluding carboxylic acids is 2. The molecular formula is C28H37ClFN3O5. The number of anilines is 1. The standard InChI is InChI=1S/C23H27ClFN3O3.C5H10O2/c1-27-14-22(31-21-12-20(30-2)18(24)11-19(21)27)23(29)26-17-7-9-28(10-8-17)13-15-3-5-16(25)6-4-15;1-5(2,3)7-4-6/h3-6,11-12,17,22H,7-10,13-14H2,1-2H3,(H,26,29);4H,1-3H3. The normalized spacial score (nSPS) is 17.9. The molecule has 1 saturated heterocycles. The SMILES string of the molecule is CC(C)(C)OC=O.COc1cc2c(cc1Cl)N(C)CC(C(=O)NC1CCN(Cc3ccc(F)cc3)CC1)O2. The van der Waals surface area contributed by atoms with Crippen LogP contribution in [0.5, 0.6) is 11.5 Å². The lowest BCUT2D eigenvalue weighted by molar-refractivity contribution is -0.138. The van der Waals surface area contributed by atoms with Gasteiger partial charge in [-0.25, -0.2) is 4.39 Å². The van der Waals surface area contributed by atoms with Gasteiger partial charge in [0.2, 0.25) is 0 Å². The maximum Gasteiger partial charge on any atom is 0.293 e. The fourth-order valence-electron chi connectivity index (χ4n) is 4.27. The summed E-state index contributed by atoms with van der Waals surface area (Å²) in [6.07, 6.45) is 1.14. The van der Waals surface area contributed by atoms with Crippen LogP contribution in [-0.4, -0.2) is 68.8 Å². The van der Waals surface area contributed by atoms with Crippen molar-refractivity contribution >= 4 is 29.7 Å². The molecule has 1 unspecified atom stereocenters. The van der Waals surface area contributed by atoms with Crippen LogP contribution in [0.3, 0.4) is 0 Å². The molecule has 10 heteroatoms. The second kappa shape index (κ2) is 13.2. The molecule has 0 aliphatic carbocycles. The van der Waals surface area contributed by atoms with E-state index in [2.05, 4.69) is 15.0 Å². The van der Waals surface area contributed by atoms with E-state index < -0.39 is 6.10 Å². The van der Waals surface area contributed by atoms with Crippen molar-refractivity contribution < 1.29 is 28.2 Å². The summed E-state index contributed by atoms with van der Waals surface area (Å²) >= 11 is 6.22. The molecule has 0 bridgehead atoms. The zero-order valence-electron chi connectivity index (χ0n) is 22.6. The first kappa shape index (κ1) is 29.5. The molecule has 2 aliphatic heterocycles. The Morgan fingerprint density at radius 1 is 1.21 bits per heavy atom. The van der Waals surface area contributed by atoms with Gasteiger partial charge in [0.05, 0.1) is 24.4 Å². The highest BCUT2D eigenvalue weighted by atomic mass is 35.5. The number of nitrogens with zero attached hydrogens (tertiary/aromatic N) is 2.